The van der Waals surface area contributed by atoms with E-state index in [0.29, 0.717) is 11.3 Å². The molecule has 26 heavy (non-hydrogen) atoms. The Balaban J connectivity index is 1.65. The Kier molecular flexibility index (Phi) is 3.92. The maximum atomic E-state index is 13.7. The zero-order chi connectivity index (χ0) is 18.1. The predicted molar refractivity (Wildman–Crippen MR) is 96.7 cm³/mol. The van der Waals surface area contributed by atoms with Crippen LogP contribution >= 0.6 is 0 Å². The summed E-state index contributed by atoms with van der Waals surface area (Å²) < 4.78 is 34.6. The van der Waals surface area contributed by atoms with Crippen LogP contribution in [0.2, 0.25) is 0 Å². The molecule has 0 saturated heterocycles. The van der Waals surface area contributed by atoms with E-state index in [-0.39, 0.29) is 5.82 Å². The molecule has 2 heterocycles. The highest BCUT2D eigenvalue weighted by Crippen LogP contribution is 2.30. The van der Waals surface area contributed by atoms with Crippen molar-refractivity contribution in [3.05, 3.63) is 84.9 Å². The van der Waals surface area contributed by atoms with Crippen LogP contribution < -0.4 is 4.74 Å². The number of ether oxygens (including phenoxy) is 1. The lowest BCUT2D eigenvalue weighted by molar-refractivity contribution is 0.00721. The first-order valence-corrected chi connectivity index (χ1v) is 8.19. The van der Waals surface area contributed by atoms with E-state index in [0.717, 1.165) is 23.8 Å². The van der Waals surface area contributed by atoms with Crippen molar-refractivity contribution in [2.24, 2.45) is 0 Å². The first-order valence-electron chi connectivity index (χ1n) is 8.19. The Morgan fingerprint density at radius 1 is 0.846 bits per heavy atom. The molecule has 0 saturated carbocycles. The first-order chi connectivity index (χ1) is 12.5. The summed E-state index contributed by atoms with van der Waals surface area (Å²) in [6.07, 6.45) is 3.13. The van der Waals surface area contributed by atoms with Crippen LogP contribution in [0.5, 0.6) is 11.5 Å². The van der Waals surface area contributed by atoms with Gasteiger partial charge in [0.25, 0.3) is 0 Å². The standard InChI is InChI=1S/C21H16F2N2O/c1-21(22,23)20-24-13-17-10-7-16(14-25(17)20)15-8-11-19(12-9-15)26-18-5-3-2-4-6-18/h2-14H,1H3. The third-order valence-corrected chi connectivity index (χ3v) is 4.09. The van der Waals surface area contributed by atoms with Gasteiger partial charge in [-0.1, -0.05) is 36.4 Å². The summed E-state index contributed by atoms with van der Waals surface area (Å²) in [7, 11) is 0. The summed E-state index contributed by atoms with van der Waals surface area (Å²) in [5, 5.41) is 0. The number of fused-ring (bicyclic) bond motifs is 1. The summed E-state index contributed by atoms with van der Waals surface area (Å²) in [6, 6.07) is 20.7. The van der Waals surface area contributed by atoms with Crippen molar-refractivity contribution < 1.29 is 13.5 Å². The van der Waals surface area contributed by atoms with Gasteiger partial charge in [0.05, 0.1) is 11.7 Å². The van der Waals surface area contributed by atoms with E-state index in [1.807, 2.05) is 60.7 Å². The zero-order valence-corrected chi connectivity index (χ0v) is 14.1. The van der Waals surface area contributed by atoms with E-state index < -0.39 is 5.92 Å². The van der Waals surface area contributed by atoms with Gasteiger partial charge in [-0.05, 0) is 41.5 Å². The number of hydrogen-bond acceptors (Lipinski definition) is 2. The number of imidazole rings is 1. The van der Waals surface area contributed by atoms with Gasteiger partial charge in [-0.2, -0.15) is 8.78 Å². The minimum atomic E-state index is -3.00. The Morgan fingerprint density at radius 3 is 2.19 bits per heavy atom. The number of rotatable bonds is 4. The summed E-state index contributed by atoms with van der Waals surface area (Å²) in [6.45, 7) is 0.851. The molecule has 0 aliphatic carbocycles. The van der Waals surface area contributed by atoms with Crippen LogP contribution in [0.1, 0.15) is 12.7 Å². The van der Waals surface area contributed by atoms with Gasteiger partial charge in [-0.25, -0.2) is 4.98 Å². The molecule has 4 aromatic rings. The molecule has 0 atom stereocenters. The van der Waals surface area contributed by atoms with Gasteiger partial charge in [0, 0.05) is 13.1 Å². The van der Waals surface area contributed by atoms with Crippen LogP contribution in [0.15, 0.2) is 79.1 Å². The molecular formula is C21H16F2N2O. The maximum absolute atomic E-state index is 13.7. The molecule has 0 amide bonds. The Morgan fingerprint density at radius 2 is 1.50 bits per heavy atom. The summed E-state index contributed by atoms with van der Waals surface area (Å²) in [5.41, 5.74) is 2.37. The summed E-state index contributed by atoms with van der Waals surface area (Å²) >= 11 is 0. The Labute approximate surface area is 149 Å². The minimum Gasteiger partial charge on any atom is -0.457 e. The molecule has 0 bridgehead atoms. The predicted octanol–water partition coefficient (Wildman–Crippen LogP) is 5.91. The van der Waals surface area contributed by atoms with Crippen LogP contribution in [0.3, 0.4) is 0 Å². The number of benzene rings is 2. The fraction of sp³-hybridized carbons (Fsp3) is 0.0952. The van der Waals surface area contributed by atoms with Crippen molar-refractivity contribution in [1.82, 2.24) is 9.38 Å². The van der Waals surface area contributed by atoms with Crippen LogP contribution in [0.4, 0.5) is 8.78 Å². The molecule has 0 fully saturated rings. The highest BCUT2D eigenvalue weighted by Gasteiger charge is 2.29. The second-order valence-corrected chi connectivity index (χ2v) is 6.12. The number of pyridine rings is 1. The second-order valence-electron chi connectivity index (χ2n) is 6.12. The molecule has 3 nitrogen and oxygen atoms in total. The van der Waals surface area contributed by atoms with Gasteiger partial charge in [0.15, 0.2) is 5.82 Å². The molecule has 0 unspecified atom stereocenters. The molecule has 5 heteroatoms. The normalized spacial score (nSPS) is 11.7. The van der Waals surface area contributed by atoms with E-state index in [1.54, 1.807) is 12.3 Å². The van der Waals surface area contributed by atoms with Crippen molar-refractivity contribution in [2.45, 2.75) is 12.8 Å². The van der Waals surface area contributed by atoms with Gasteiger partial charge in [-0.15, -0.1) is 0 Å². The van der Waals surface area contributed by atoms with Gasteiger partial charge in [-0.3, -0.25) is 4.40 Å². The third kappa shape index (κ3) is 3.16. The second kappa shape index (κ2) is 6.26. The number of hydrogen-bond donors (Lipinski definition) is 0. The van der Waals surface area contributed by atoms with Gasteiger partial charge in [0.2, 0.25) is 0 Å². The fourth-order valence-electron chi connectivity index (χ4n) is 2.83. The minimum absolute atomic E-state index is 0.265. The molecule has 0 radical (unpaired) electrons. The van der Waals surface area contributed by atoms with Crippen molar-refractivity contribution in [1.29, 1.82) is 0 Å². The van der Waals surface area contributed by atoms with E-state index in [1.165, 1.54) is 10.6 Å². The summed E-state index contributed by atoms with van der Waals surface area (Å²) in [5.74, 6) is -1.80. The number of para-hydroxylation sites is 1. The third-order valence-electron chi connectivity index (χ3n) is 4.09. The van der Waals surface area contributed by atoms with Gasteiger partial charge in [0.1, 0.15) is 11.5 Å². The Hall–Kier alpha value is -3.21. The lowest BCUT2D eigenvalue weighted by atomic mass is 10.1. The average Bonchev–Trinajstić information content (AvgIpc) is 3.07. The molecule has 4 rings (SSSR count). The van der Waals surface area contributed by atoms with Crippen LogP contribution in [0.25, 0.3) is 16.6 Å². The monoisotopic (exact) mass is 350 g/mol. The highest BCUT2D eigenvalue weighted by molar-refractivity contribution is 5.66. The van der Waals surface area contributed by atoms with Crippen LogP contribution in [-0.4, -0.2) is 9.38 Å². The van der Waals surface area contributed by atoms with Crippen molar-refractivity contribution in [3.63, 3.8) is 0 Å². The molecular weight excluding hydrogens is 334 g/mol. The quantitative estimate of drug-likeness (QED) is 0.458. The highest BCUT2D eigenvalue weighted by atomic mass is 19.3. The maximum Gasteiger partial charge on any atom is 0.302 e. The summed E-state index contributed by atoms with van der Waals surface area (Å²) in [4.78, 5) is 3.86. The number of halogens is 2. The molecule has 0 spiro atoms. The van der Waals surface area contributed by atoms with Crippen LogP contribution in [-0.2, 0) is 5.92 Å². The number of aromatic nitrogens is 2. The zero-order valence-electron chi connectivity index (χ0n) is 14.1. The molecule has 130 valence electrons. The fourth-order valence-corrected chi connectivity index (χ4v) is 2.83. The smallest absolute Gasteiger partial charge is 0.302 e. The van der Waals surface area contributed by atoms with E-state index in [9.17, 15) is 8.78 Å². The van der Waals surface area contributed by atoms with Crippen LogP contribution in [0, 0.1) is 0 Å². The lowest BCUT2D eigenvalue weighted by Gasteiger charge is -2.11. The molecule has 2 aromatic heterocycles. The van der Waals surface area contributed by atoms with E-state index in [4.69, 9.17) is 4.74 Å². The largest absolute Gasteiger partial charge is 0.457 e. The van der Waals surface area contributed by atoms with Crippen molar-refractivity contribution >= 4 is 5.52 Å². The molecule has 2 aromatic carbocycles. The Bertz CT molecular complexity index is 1040. The average molecular weight is 350 g/mol. The molecule has 0 N–H and O–H groups in total. The molecule has 0 aliphatic heterocycles. The lowest BCUT2D eigenvalue weighted by Crippen LogP contribution is -2.12. The van der Waals surface area contributed by atoms with Gasteiger partial charge >= 0.3 is 5.92 Å². The SMILES string of the molecule is CC(F)(F)c1ncc2ccc(-c3ccc(Oc4ccccc4)cc3)cn12. The van der Waals surface area contributed by atoms with Crippen molar-refractivity contribution in [3.8, 4) is 22.6 Å². The van der Waals surface area contributed by atoms with E-state index >= 15 is 0 Å². The number of nitrogens with zero attached hydrogens (tertiary/aromatic N) is 2. The first kappa shape index (κ1) is 16.3. The van der Waals surface area contributed by atoms with E-state index in [2.05, 4.69) is 4.98 Å². The topological polar surface area (TPSA) is 26.5 Å². The van der Waals surface area contributed by atoms with Crippen molar-refractivity contribution in [2.75, 3.05) is 0 Å². The molecule has 0 aliphatic rings. The van der Waals surface area contributed by atoms with Gasteiger partial charge < -0.3 is 4.74 Å². The number of alkyl halides is 2.